The Bertz CT molecular complexity index is 520. The summed E-state index contributed by atoms with van der Waals surface area (Å²) >= 11 is 0. The Morgan fingerprint density at radius 2 is 1.08 bits per heavy atom. The van der Waals surface area contributed by atoms with E-state index in [1.807, 2.05) is 0 Å². The van der Waals surface area contributed by atoms with Gasteiger partial charge in [0.2, 0.25) is 0 Å². The third-order valence-electron chi connectivity index (χ3n) is 5.61. The molecular weight excluding hydrogens is 320 g/mol. The van der Waals surface area contributed by atoms with Crippen LogP contribution in [0.4, 0.5) is 0 Å². The van der Waals surface area contributed by atoms with Crippen LogP contribution in [0, 0.1) is 35.5 Å². The average Bonchev–Trinajstić information content (AvgIpc) is 2.53. The summed E-state index contributed by atoms with van der Waals surface area (Å²) in [7, 11) is 0. The maximum Gasteiger partial charge on any atom is 0.306 e. The average molecular weight is 342 g/mol. The summed E-state index contributed by atoms with van der Waals surface area (Å²) < 4.78 is 0. The standard InChI is InChI=1S/C16H22O8/c17-13(18)7-1-2-11(16(23)24)12(6-7)8-3-9(14(19)20)5-10(4-8)15(21)22/h7-12H,1-6H2,(H,17,18)(H,19,20)(H,21,22)(H,23,24)/t7-,8?,9-,10+,11-,12?/m0/s1. The van der Waals surface area contributed by atoms with E-state index in [2.05, 4.69) is 0 Å². The minimum absolute atomic E-state index is 0.0357. The summed E-state index contributed by atoms with van der Waals surface area (Å²) in [5.74, 6) is -8.12. The molecule has 0 bridgehead atoms. The van der Waals surface area contributed by atoms with Gasteiger partial charge in [-0.2, -0.15) is 0 Å². The predicted octanol–water partition coefficient (Wildman–Crippen LogP) is 1.39. The van der Waals surface area contributed by atoms with E-state index in [0.29, 0.717) is 0 Å². The maximum atomic E-state index is 11.5. The molecule has 2 fully saturated rings. The lowest BCUT2D eigenvalue weighted by Crippen LogP contribution is -2.42. The number of aliphatic carboxylic acids is 4. The van der Waals surface area contributed by atoms with Gasteiger partial charge in [0.25, 0.3) is 0 Å². The van der Waals surface area contributed by atoms with E-state index in [0.717, 1.165) is 0 Å². The topological polar surface area (TPSA) is 149 Å². The molecule has 0 spiro atoms. The van der Waals surface area contributed by atoms with E-state index in [9.17, 15) is 39.6 Å². The van der Waals surface area contributed by atoms with Gasteiger partial charge < -0.3 is 20.4 Å². The lowest BCUT2D eigenvalue weighted by Gasteiger charge is -2.41. The van der Waals surface area contributed by atoms with Crippen LogP contribution in [0.1, 0.15) is 38.5 Å². The van der Waals surface area contributed by atoms with Gasteiger partial charge in [-0.25, -0.2) is 0 Å². The summed E-state index contributed by atoms with van der Waals surface area (Å²) in [5, 5.41) is 37.2. The highest BCUT2D eigenvalue weighted by atomic mass is 16.4. The summed E-state index contributed by atoms with van der Waals surface area (Å²) in [5.41, 5.74) is 0. The Hall–Kier alpha value is -2.12. The van der Waals surface area contributed by atoms with Crippen LogP contribution < -0.4 is 0 Å². The molecule has 134 valence electrons. The van der Waals surface area contributed by atoms with Crippen molar-refractivity contribution in [3.8, 4) is 0 Å². The largest absolute Gasteiger partial charge is 0.481 e. The highest BCUT2D eigenvalue weighted by Gasteiger charge is 2.46. The summed E-state index contributed by atoms with van der Waals surface area (Å²) in [6, 6.07) is 0. The molecule has 2 saturated carbocycles. The fourth-order valence-corrected chi connectivity index (χ4v) is 4.37. The molecule has 2 aliphatic rings. The zero-order chi connectivity index (χ0) is 18.0. The number of carboxylic acid groups (broad SMARTS) is 4. The maximum absolute atomic E-state index is 11.5. The van der Waals surface area contributed by atoms with E-state index in [1.54, 1.807) is 0 Å². The van der Waals surface area contributed by atoms with Gasteiger partial charge in [0.1, 0.15) is 0 Å². The third kappa shape index (κ3) is 3.85. The minimum atomic E-state index is -1.08. The molecule has 6 atom stereocenters. The molecular formula is C16H22O8. The molecule has 0 radical (unpaired) electrons. The lowest BCUT2D eigenvalue weighted by atomic mass is 9.62. The van der Waals surface area contributed by atoms with Crippen LogP contribution in [0.2, 0.25) is 0 Å². The first-order chi connectivity index (χ1) is 11.2. The molecule has 8 nitrogen and oxygen atoms in total. The summed E-state index contributed by atoms with van der Waals surface area (Å²) in [6.07, 6.45) is 1.12. The molecule has 0 aromatic carbocycles. The molecule has 8 heteroatoms. The van der Waals surface area contributed by atoms with Crippen molar-refractivity contribution in [1.82, 2.24) is 0 Å². The zero-order valence-electron chi connectivity index (χ0n) is 13.1. The van der Waals surface area contributed by atoms with Gasteiger partial charge in [-0.15, -0.1) is 0 Å². The van der Waals surface area contributed by atoms with Gasteiger partial charge in [0.15, 0.2) is 0 Å². The molecule has 24 heavy (non-hydrogen) atoms. The van der Waals surface area contributed by atoms with Crippen LogP contribution in [-0.4, -0.2) is 44.3 Å². The van der Waals surface area contributed by atoms with Gasteiger partial charge in [-0.3, -0.25) is 19.2 Å². The first-order valence-electron chi connectivity index (χ1n) is 8.11. The fraction of sp³-hybridized carbons (Fsp3) is 0.750. The lowest BCUT2D eigenvalue weighted by molar-refractivity contribution is -0.156. The van der Waals surface area contributed by atoms with Crippen LogP contribution in [0.25, 0.3) is 0 Å². The van der Waals surface area contributed by atoms with E-state index >= 15 is 0 Å². The molecule has 2 rings (SSSR count). The molecule has 0 aromatic heterocycles. The SMILES string of the molecule is O=C(O)[C@@H]1CC(C2C[C@@H](C(=O)O)CC[C@@H]2C(=O)O)C[C@H](C(=O)O)C1. The third-order valence-corrected chi connectivity index (χ3v) is 5.61. The van der Waals surface area contributed by atoms with E-state index in [1.165, 1.54) is 0 Å². The van der Waals surface area contributed by atoms with Crippen LogP contribution in [0.15, 0.2) is 0 Å². The molecule has 0 aliphatic heterocycles. The van der Waals surface area contributed by atoms with Crippen LogP contribution in [0.3, 0.4) is 0 Å². The Kier molecular flexibility index (Phi) is 5.46. The van der Waals surface area contributed by atoms with Crippen LogP contribution in [0.5, 0.6) is 0 Å². The van der Waals surface area contributed by atoms with E-state index in [-0.39, 0.29) is 38.5 Å². The minimum Gasteiger partial charge on any atom is -0.481 e. The Balaban J connectivity index is 2.25. The number of hydrogen-bond donors (Lipinski definition) is 4. The molecule has 0 amide bonds. The number of hydrogen-bond acceptors (Lipinski definition) is 4. The van der Waals surface area contributed by atoms with Crippen molar-refractivity contribution in [3.05, 3.63) is 0 Å². The first kappa shape index (κ1) is 18.2. The molecule has 2 unspecified atom stereocenters. The Morgan fingerprint density at radius 1 is 0.583 bits per heavy atom. The van der Waals surface area contributed by atoms with E-state index in [4.69, 9.17) is 0 Å². The molecule has 0 saturated heterocycles. The monoisotopic (exact) mass is 342 g/mol. The Labute approximate surface area is 138 Å². The van der Waals surface area contributed by atoms with Crippen LogP contribution in [-0.2, 0) is 19.2 Å². The van der Waals surface area contributed by atoms with Crippen molar-refractivity contribution < 1.29 is 39.6 Å². The van der Waals surface area contributed by atoms with Gasteiger partial charge in [-0.1, -0.05) is 0 Å². The van der Waals surface area contributed by atoms with Gasteiger partial charge in [0.05, 0.1) is 23.7 Å². The smallest absolute Gasteiger partial charge is 0.306 e. The normalized spacial score (nSPS) is 36.7. The molecule has 0 heterocycles. The van der Waals surface area contributed by atoms with Crippen LogP contribution >= 0.6 is 0 Å². The van der Waals surface area contributed by atoms with Gasteiger partial charge >= 0.3 is 23.9 Å². The highest BCUT2D eigenvalue weighted by Crippen LogP contribution is 2.46. The predicted molar refractivity (Wildman–Crippen MR) is 79.2 cm³/mol. The van der Waals surface area contributed by atoms with Crippen molar-refractivity contribution in [2.24, 2.45) is 35.5 Å². The summed E-state index contributed by atoms with van der Waals surface area (Å²) in [6.45, 7) is 0. The second-order valence-electron chi connectivity index (χ2n) is 6.99. The Morgan fingerprint density at radius 3 is 1.50 bits per heavy atom. The molecule has 4 N–H and O–H groups in total. The highest BCUT2D eigenvalue weighted by molar-refractivity contribution is 5.75. The number of carbonyl (C=O) groups is 4. The quantitative estimate of drug-likeness (QED) is 0.585. The zero-order valence-corrected chi connectivity index (χ0v) is 13.1. The molecule has 2 aliphatic carbocycles. The van der Waals surface area contributed by atoms with Crippen molar-refractivity contribution in [2.45, 2.75) is 38.5 Å². The first-order valence-corrected chi connectivity index (χ1v) is 8.11. The van der Waals surface area contributed by atoms with Crippen molar-refractivity contribution in [1.29, 1.82) is 0 Å². The number of carboxylic acids is 4. The van der Waals surface area contributed by atoms with E-state index < -0.39 is 59.4 Å². The van der Waals surface area contributed by atoms with Crippen molar-refractivity contribution in [3.63, 3.8) is 0 Å². The molecule has 0 aromatic rings. The van der Waals surface area contributed by atoms with Gasteiger partial charge in [-0.05, 0) is 50.4 Å². The van der Waals surface area contributed by atoms with Crippen molar-refractivity contribution >= 4 is 23.9 Å². The summed E-state index contributed by atoms with van der Waals surface area (Å²) in [4.78, 5) is 45.5. The number of rotatable bonds is 5. The fourth-order valence-electron chi connectivity index (χ4n) is 4.37. The van der Waals surface area contributed by atoms with Crippen molar-refractivity contribution in [2.75, 3.05) is 0 Å². The van der Waals surface area contributed by atoms with Gasteiger partial charge in [0, 0.05) is 0 Å². The second kappa shape index (κ2) is 7.19. The second-order valence-corrected chi connectivity index (χ2v) is 6.99.